The van der Waals surface area contributed by atoms with Crippen molar-refractivity contribution >= 4 is 28.2 Å². The van der Waals surface area contributed by atoms with E-state index in [-0.39, 0.29) is 0 Å². The average Bonchev–Trinajstić information content (AvgIpc) is 3.28. The van der Waals surface area contributed by atoms with Gasteiger partial charge in [0, 0.05) is 54.9 Å². The number of hydrogen-bond donors (Lipinski definition) is 2. The number of aryl methyl sites for hydroxylation is 1. The normalized spacial score (nSPS) is 14.8. The molecule has 7 heteroatoms. The highest BCUT2D eigenvalue weighted by Crippen LogP contribution is 2.33. The van der Waals surface area contributed by atoms with Gasteiger partial charge in [-0.15, -0.1) is 0 Å². The van der Waals surface area contributed by atoms with Crippen molar-refractivity contribution in [3.8, 4) is 16.9 Å². The molecule has 2 heterocycles. The lowest BCUT2D eigenvalue weighted by atomic mass is 10.0. The predicted molar refractivity (Wildman–Crippen MR) is 151 cm³/mol. The molecule has 0 saturated carbocycles. The zero-order valence-corrected chi connectivity index (χ0v) is 21.8. The number of benzene rings is 3. The van der Waals surface area contributed by atoms with Crippen molar-refractivity contribution in [3.63, 3.8) is 0 Å². The minimum absolute atomic E-state index is 0.436. The average molecular weight is 521 g/mol. The summed E-state index contributed by atoms with van der Waals surface area (Å²) in [6.45, 7) is 3.71. The number of ether oxygens (including phenoxy) is 1. The molecular formula is C30H34ClFN4O. The van der Waals surface area contributed by atoms with Gasteiger partial charge in [0.15, 0.2) is 0 Å². The van der Waals surface area contributed by atoms with Crippen molar-refractivity contribution in [2.24, 2.45) is 5.73 Å². The van der Waals surface area contributed by atoms with Crippen molar-refractivity contribution in [1.82, 2.24) is 9.47 Å². The summed E-state index contributed by atoms with van der Waals surface area (Å²) in [5.74, 6) is 0.534. The Balaban J connectivity index is 1.31. The molecule has 0 radical (unpaired) electrons. The van der Waals surface area contributed by atoms with Crippen LogP contribution in [0.2, 0.25) is 5.02 Å². The van der Waals surface area contributed by atoms with Crippen molar-refractivity contribution < 1.29 is 9.13 Å². The predicted octanol–water partition coefficient (Wildman–Crippen LogP) is 6.69. The van der Waals surface area contributed by atoms with Gasteiger partial charge < -0.3 is 20.4 Å². The largest absolute Gasteiger partial charge is 0.463 e. The van der Waals surface area contributed by atoms with E-state index in [0.717, 1.165) is 61.7 Å². The van der Waals surface area contributed by atoms with Crippen molar-refractivity contribution in [3.05, 3.63) is 83.5 Å². The lowest BCUT2D eigenvalue weighted by Crippen LogP contribution is -2.38. The van der Waals surface area contributed by atoms with Gasteiger partial charge in [-0.2, -0.15) is 0 Å². The van der Waals surface area contributed by atoms with E-state index in [1.54, 1.807) is 0 Å². The van der Waals surface area contributed by atoms with Crippen LogP contribution in [-0.4, -0.2) is 42.0 Å². The zero-order chi connectivity index (χ0) is 25.6. The number of para-hydroxylation sites is 1. The number of hydrogen-bond acceptors (Lipinski definition) is 4. The maximum atomic E-state index is 12.6. The van der Waals surface area contributed by atoms with Crippen LogP contribution in [0, 0.1) is 0 Å². The maximum Gasteiger partial charge on any atom is 0.228 e. The van der Waals surface area contributed by atoms with Gasteiger partial charge in [0.25, 0.3) is 0 Å². The number of fused-ring (bicyclic) bond motifs is 1. The highest BCUT2D eigenvalue weighted by Gasteiger charge is 2.20. The SMILES string of the molecule is NCCCn1cc(-c2ccc(OCF)cc2)c2cc(CN3CCC(Nc4ccccc4Cl)CC3)ccc21. The molecule has 3 N–H and O–H groups in total. The number of rotatable bonds is 10. The van der Waals surface area contributed by atoms with Gasteiger partial charge in [-0.3, -0.25) is 4.90 Å². The summed E-state index contributed by atoms with van der Waals surface area (Å²) in [4.78, 5) is 2.53. The Morgan fingerprint density at radius 2 is 1.81 bits per heavy atom. The molecule has 194 valence electrons. The highest BCUT2D eigenvalue weighted by atomic mass is 35.5. The number of nitrogens with two attached hydrogens (primary N) is 1. The van der Waals surface area contributed by atoms with E-state index in [4.69, 9.17) is 22.1 Å². The fourth-order valence-electron chi connectivity index (χ4n) is 5.20. The summed E-state index contributed by atoms with van der Waals surface area (Å²) in [7, 11) is 0. The molecule has 0 spiro atoms. The van der Waals surface area contributed by atoms with Crippen LogP contribution in [0.1, 0.15) is 24.8 Å². The number of likely N-dealkylation sites (tertiary alicyclic amines) is 1. The van der Waals surface area contributed by atoms with Crippen LogP contribution in [0.4, 0.5) is 10.1 Å². The molecule has 5 rings (SSSR count). The summed E-state index contributed by atoms with van der Waals surface area (Å²) < 4.78 is 19.8. The van der Waals surface area contributed by atoms with E-state index >= 15 is 0 Å². The summed E-state index contributed by atoms with van der Waals surface area (Å²) in [6.07, 6.45) is 5.30. The second kappa shape index (κ2) is 12.0. The van der Waals surface area contributed by atoms with Crippen LogP contribution >= 0.6 is 11.6 Å². The Labute approximate surface area is 223 Å². The number of halogens is 2. The van der Waals surface area contributed by atoms with E-state index in [0.29, 0.717) is 18.3 Å². The van der Waals surface area contributed by atoms with Crippen molar-refractivity contribution in [2.45, 2.75) is 38.4 Å². The molecule has 0 atom stereocenters. The number of nitrogens with one attached hydrogen (secondary N) is 1. The van der Waals surface area contributed by atoms with Crippen LogP contribution < -0.4 is 15.8 Å². The van der Waals surface area contributed by atoms with Gasteiger partial charge in [0.05, 0.1) is 10.7 Å². The lowest BCUT2D eigenvalue weighted by molar-refractivity contribution is 0.192. The van der Waals surface area contributed by atoms with Gasteiger partial charge in [-0.05, 0) is 73.3 Å². The molecule has 1 fully saturated rings. The Hall–Kier alpha value is -3.06. The quantitative estimate of drug-likeness (QED) is 0.244. The number of anilines is 1. The smallest absolute Gasteiger partial charge is 0.228 e. The second-order valence-corrected chi connectivity index (χ2v) is 10.1. The summed E-state index contributed by atoms with van der Waals surface area (Å²) >= 11 is 6.33. The molecule has 1 aromatic heterocycles. The first-order valence-electron chi connectivity index (χ1n) is 13.0. The Kier molecular flexibility index (Phi) is 8.29. The molecular weight excluding hydrogens is 487 g/mol. The third-order valence-corrected chi connectivity index (χ3v) is 7.49. The zero-order valence-electron chi connectivity index (χ0n) is 21.0. The topological polar surface area (TPSA) is 55.5 Å². The number of nitrogens with zero attached hydrogens (tertiary/aromatic N) is 2. The molecule has 1 saturated heterocycles. The standard InChI is InChI=1S/C30H34ClFN4O/c31-28-4-1-2-5-29(28)34-24-12-16-35(17-13-24)19-22-6-11-30-26(18-22)27(20-36(30)15-3-14-33)23-7-9-25(10-8-23)37-21-32/h1-2,4-11,18,20,24,34H,3,12-17,19,21,33H2. The van der Waals surface area contributed by atoms with Crippen molar-refractivity contribution in [2.75, 3.05) is 31.8 Å². The molecule has 0 amide bonds. The van der Waals surface area contributed by atoms with E-state index in [1.165, 1.54) is 22.0 Å². The molecule has 1 aliphatic rings. The minimum atomic E-state index is -0.825. The van der Waals surface area contributed by atoms with Gasteiger partial charge in [0.1, 0.15) is 5.75 Å². The van der Waals surface area contributed by atoms with Gasteiger partial charge in [-0.25, -0.2) is 4.39 Å². The van der Waals surface area contributed by atoms with E-state index in [9.17, 15) is 4.39 Å². The first-order valence-corrected chi connectivity index (χ1v) is 13.4. The van der Waals surface area contributed by atoms with Crippen LogP contribution in [0.25, 0.3) is 22.0 Å². The Morgan fingerprint density at radius 1 is 1.03 bits per heavy atom. The first-order chi connectivity index (χ1) is 18.1. The Bertz CT molecular complexity index is 1320. The number of piperidine rings is 1. The molecule has 1 aliphatic heterocycles. The molecule has 5 nitrogen and oxygen atoms in total. The Morgan fingerprint density at radius 3 is 2.54 bits per heavy atom. The van der Waals surface area contributed by atoms with Crippen LogP contribution in [0.15, 0.2) is 72.9 Å². The maximum absolute atomic E-state index is 12.6. The summed E-state index contributed by atoms with van der Waals surface area (Å²) in [5, 5.41) is 5.62. The molecule has 4 aromatic rings. The number of alkyl halides is 1. The summed E-state index contributed by atoms with van der Waals surface area (Å²) in [6, 6.07) is 22.8. The van der Waals surface area contributed by atoms with Gasteiger partial charge in [0.2, 0.25) is 6.86 Å². The fourth-order valence-corrected chi connectivity index (χ4v) is 5.40. The molecule has 0 aliphatic carbocycles. The third-order valence-electron chi connectivity index (χ3n) is 7.16. The molecule has 0 unspecified atom stereocenters. The van der Waals surface area contributed by atoms with Gasteiger partial charge in [-0.1, -0.05) is 41.9 Å². The summed E-state index contributed by atoms with van der Waals surface area (Å²) in [5.41, 5.74) is 11.6. The highest BCUT2D eigenvalue weighted by molar-refractivity contribution is 6.33. The first kappa shape index (κ1) is 25.6. The minimum Gasteiger partial charge on any atom is -0.463 e. The second-order valence-electron chi connectivity index (χ2n) is 9.68. The molecule has 37 heavy (non-hydrogen) atoms. The third kappa shape index (κ3) is 6.09. The monoisotopic (exact) mass is 520 g/mol. The van der Waals surface area contributed by atoms with E-state index in [1.807, 2.05) is 48.5 Å². The van der Waals surface area contributed by atoms with Crippen LogP contribution in [0.5, 0.6) is 5.75 Å². The fraction of sp³-hybridized carbons (Fsp3) is 0.333. The van der Waals surface area contributed by atoms with Crippen LogP contribution in [0.3, 0.4) is 0 Å². The van der Waals surface area contributed by atoms with Crippen molar-refractivity contribution in [1.29, 1.82) is 0 Å². The number of aromatic nitrogens is 1. The lowest BCUT2D eigenvalue weighted by Gasteiger charge is -2.33. The molecule has 3 aromatic carbocycles. The van der Waals surface area contributed by atoms with E-state index < -0.39 is 6.86 Å². The van der Waals surface area contributed by atoms with Gasteiger partial charge >= 0.3 is 0 Å². The van der Waals surface area contributed by atoms with Crippen LogP contribution in [-0.2, 0) is 13.1 Å². The van der Waals surface area contributed by atoms with E-state index in [2.05, 4.69) is 39.2 Å². The molecule has 0 bridgehead atoms.